The Morgan fingerprint density at radius 1 is 1.24 bits per heavy atom. The number of nitrogens with zero attached hydrogens (tertiary/aromatic N) is 1. The van der Waals surface area contributed by atoms with Gasteiger partial charge in [0, 0.05) is 19.0 Å². The van der Waals surface area contributed by atoms with Crippen molar-refractivity contribution >= 4 is 22.9 Å². The summed E-state index contributed by atoms with van der Waals surface area (Å²) in [6.45, 7) is 0.185. The largest absolute Gasteiger partial charge is 0.468 e. The highest BCUT2D eigenvalue weighted by Gasteiger charge is 2.13. The molecule has 1 aromatic heterocycles. The fourth-order valence-corrected chi connectivity index (χ4v) is 2.92. The van der Waals surface area contributed by atoms with E-state index in [0.717, 1.165) is 10.4 Å². The molecule has 0 saturated heterocycles. The minimum atomic E-state index is -0.409. The lowest BCUT2D eigenvalue weighted by Gasteiger charge is -2.04. The van der Waals surface area contributed by atoms with Crippen molar-refractivity contribution in [2.75, 3.05) is 19.2 Å². The lowest BCUT2D eigenvalue weighted by molar-refractivity contribution is 0.0511. The Hall–Kier alpha value is -2.77. The van der Waals surface area contributed by atoms with E-state index in [2.05, 4.69) is 10.3 Å². The quantitative estimate of drug-likeness (QED) is 0.672. The molecule has 25 heavy (non-hydrogen) atoms. The number of halogens is 1. The van der Waals surface area contributed by atoms with E-state index in [-0.39, 0.29) is 12.7 Å². The lowest BCUT2D eigenvalue weighted by Crippen LogP contribution is -2.11. The molecule has 0 unspecified atom stereocenters. The molecule has 0 aliphatic heterocycles. The summed E-state index contributed by atoms with van der Waals surface area (Å²) in [6, 6.07) is 13.1. The van der Waals surface area contributed by atoms with Crippen LogP contribution in [0.15, 0.2) is 54.7 Å². The molecule has 128 valence electrons. The zero-order valence-electron chi connectivity index (χ0n) is 13.4. The molecule has 1 heterocycles. The Morgan fingerprint density at radius 3 is 2.76 bits per heavy atom. The number of thiazole rings is 1. The number of rotatable bonds is 6. The standard InChI is InChI=1S/C18H15FN2O3S/c1-23-11-24-15-7-5-12(6-8-15)16-10-20-18(25-16)17(22)21-14-4-2-3-13(19)9-14/h2-10H,11H2,1H3,(H,21,22). The van der Waals surface area contributed by atoms with Crippen molar-refractivity contribution in [2.24, 2.45) is 0 Å². The molecule has 1 amide bonds. The van der Waals surface area contributed by atoms with Crippen LogP contribution in [0.2, 0.25) is 0 Å². The molecule has 0 atom stereocenters. The van der Waals surface area contributed by atoms with Crippen LogP contribution in [0.3, 0.4) is 0 Å². The van der Waals surface area contributed by atoms with Gasteiger partial charge in [0.2, 0.25) is 0 Å². The monoisotopic (exact) mass is 358 g/mol. The van der Waals surface area contributed by atoms with E-state index in [1.54, 1.807) is 19.4 Å². The van der Waals surface area contributed by atoms with Gasteiger partial charge in [-0.25, -0.2) is 9.37 Å². The van der Waals surface area contributed by atoms with Gasteiger partial charge in [-0.05, 0) is 48.0 Å². The molecule has 0 aliphatic rings. The van der Waals surface area contributed by atoms with Crippen LogP contribution in [0.4, 0.5) is 10.1 Å². The van der Waals surface area contributed by atoms with Crippen molar-refractivity contribution in [1.29, 1.82) is 0 Å². The van der Waals surface area contributed by atoms with Crippen LogP contribution >= 0.6 is 11.3 Å². The van der Waals surface area contributed by atoms with E-state index in [9.17, 15) is 9.18 Å². The maximum Gasteiger partial charge on any atom is 0.284 e. The van der Waals surface area contributed by atoms with Crippen molar-refractivity contribution in [3.63, 3.8) is 0 Å². The van der Waals surface area contributed by atoms with Crippen LogP contribution in [-0.2, 0) is 4.74 Å². The molecule has 1 N–H and O–H groups in total. The summed E-state index contributed by atoms with van der Waals surface area (Å²) in [6.07, 6.45) is 1.64. The minimum absolute atomic E-state index is 0.185. The van der Waals surface area contributed by atoms with E-state index in [1.807, 2.05) is 24.3 Å². The first kappa shape index (κ1) is 17.1. The Labute approximate surface area is 148 Å². The van der Waals surface area contributed by atoms with Gasteiger partial charge in [-0.2, -0.15) is 0 Å². The SMILES string of the molecule is COCOc1ccc(-c2cnc(C(=O)Nc3cccc(F)c3)s2)cc1. The summed E-state index contributed by atoms with van der Waals surface area (Å²) in [7, 11) is 1.56. The topological polar surface area (TPSA) is 60.5 Å². The number of carbonyl (C=O) groups excluding carboxylic acids is 1. The zero-order valence-corrected chi connectivity index (χ0v) is 14.2. The van der Waals surface area contributed by atoms with E-state index in [1.165, 1.54) is 29.5 Å². The smallest absolute Gasteiger partial charge is 0.284 e. The van der Waals surface area contributed by atoms with Crippen molar-refractivity contribution in [3.8, 4) is 16.2 Å². The molecule has 3 aromatic rings. The number of hydrogen-bond acceptors (Lipinski definition) is 5. The Balaban J connectivity index is 1.70. The summed E-state index contributed by atoms with van der Waals surface area (Å²) >= 11 is 1.26. The van der Waals surface area contributed by atoms with Gasteiger partial charge in [0.25, 0.3) is 5.91 Å². The maximum absolute atomic E-state index is 13.2. The summed E-state index contributed by atoms with van der Waals surface area (Å²) in [5.74, 6) is -0.0884. The fraction of sp³-hybridized carbons (Fsp3) is 0.111. The number of methoxy groups -OCH3 is 1. The predicted molar refractivity (Wildman–Crippen MR) is 94.4 cm³/mol. The second-order valence-corrected chi connectivity index (χ2v) is 6.10. The van der Waals surface area contributed by atoms with Gasteiger partial charge >= 0.3 is 0 Å². The van der Waals surface area contributed by atoms with Gasteiger partial charge in [-0.3, -0.25) is 4.79 Å². The van der Waals surface area contributed by atoms with Crippen LogP contribution < -0.4 is 10.1 Å². The first-order valence-corrected chi connectivity index (χ1v) is 8.22. The first-order chi connectivity index (χ1) is 12.2. The molecule has 0 spiro atoms. The van der Waals surface area contributed by atoms with E-state index in [0.29, 0.717) is 16.4 Å². The maximum atomic E-state index is 13.2. The molecule has 5 nitrogen and oxygen atoms in total. The number of anilines is 1. The van der Waals surface area contributed by atoms with E-state index < -0.39 is 5.82 Å². The number of amides is 1. The number of hydrogen-bond donors (Lipinski definition) is 1. The van der Waals surface area contributed by atoms with E-state index in [4.69, 9.17) is 9.47 Å². The highest BCUT2D eigenvalue weighted by atomic mass is 32.1. The number of nitrogens with one attached hydrogen (secondary N) is 1. The van der Waals surface area contributed by atoms with Crippen molar-refractivity contribution in [3.05, 3.63) is 65.6 Å². The molecular weight excluding hydrogens is 343 g/mol. The van der Waals surface area contributed by atoms with Crippen LogP contribution in [0.5, 0.6) is 5.75 Å². The average molecular weight is 358 g/mol. The summed E-state index contributed by atoms with van der Waals surface area (Å²) in [5.41, 5.74) is 1.31. The third-order valence-corrected chi connectivity index (χ3v) is 4.31. The van der Waals surface area contributed by atoms with Crippen molar-refractivity contribution < 1.29 is 18.7 Å². The van der Waals surface area contributed by atoms with Crippen LogP contribution in [0, 0.1) is 5.82 Å². The second kappa shape index (κ2) is 7.87. The predicted octanol–water partition coefficient (Wildman–Crippen LogP) is 4.18. The summed E-state index contributed by atoms with van der Waals surface area (Å²) in [5, 5.41) is 2.94. The first-order valence-electron chi connectivity index (χ1n) is 7.40. The molecule has 3 rings (SSSR count). The minimum Gasteiger partial charge on any atom is -0.468 e. The summed E-state index contributed by atoms with van der Waals surface area (Å²) in [4.78, 5) is 17.2. The Kier molecular flexibility index (Phi) is 5.37. The highest BCUT2D eigenvalue weighted by molar-refractivity contribution is 7.17. The van der Waals surface area contributed by atoms with Gasteiger partial charge < -0.3 is 14.8 Å². The third kappa shape index (κ3) is 4.40. The molecule has 0 aliphatic carbocycles. The van der Waals surface area contributed by atoms with E-state index >= 15 is 0 Å². The number of ether oxygens (including phenoxy) is 2. The third-order valence-electron chi connectivity index (χ3n) is 3.26. The zero-order chi connectivity index (χ0) is 17.6. The summed E-state index contributed by atoms with van der Waals surface area (Å²) < 4.78 is 23.4. The van der Waals surface area contributed by atoms with Gasteiger partial charge in [0.15, 0.2) is 11.8 Å². The normalized spacial score (nSPS) is 10.5. The molecule has 0 fully saturated rings. The van der Waals surface area contributed by atoms with Gasteiger partial charge in [0.05, 0.1) is 4.88 Å². The Morgan fingerprint density at radius 2 is 2.04 bits per heavy atom. The van der Waals surface area contributed by atoms with Crippen LogP contribution in [0.25, 0.3) is 10.4 Å². The number of benzene rings is 2. The molecule has 0 radical (unpaired) electrons. The number of carbonyl (C=O) groups is 1. The molecule has 2 aromatic carbocycles. The second-order valence-electron chi connectivity index (χ2n) is 5.07. The van der Waals surface area contributed by atoms with Crippen LogP contribution in [0.1, 0.15) is 9.80 Å². The molecule has 0 saturated carbocycles. The lowest BCUT2D eigenvalue weighted by atomic mass is 10.2. The van der Waals surface area contributed by atoms with Crippen molar-refractivity contribution in [1.82, 2.24) is 4.98 Å². The van der Waals surface area contributed by atoms with Gasteiger partial charge in [-0.1, -0.05) is 6.07 Å². The molecule has 7 heteroatoms. The number of aromatic nitrogens is 1. The van der Waals surface area contributed by atoms with Gasteiger partial charge in [-0.15, -0.1) is 11.3 Å². The molecular formula is C18H15FN2O3S. The average Bonchev–Trinajstić information content (AvgIpc) is 3.11. The highest BCUT2D eigenvalue weighted by Crippen LogP contribution is 2.28. The van der Waals surface area contributed by atoms with Crippen LogP contribution in [-0.4, -0.2) is 24.8 Å². The Bertz CT molecular complexity index is 865. The molecule has 0 bridgehead atoms. The van der Waals surface area contributed by atoms with Gasteiger partial charge in [0.1, 0.15) is 11.6 Å². The fourth-order valence-electron chi connectivity index (χ4n) is 2.11. The van der Waals surface area contributed by atoms with Crippen molar-refractivity contribution in [2.45, 2.75) is 0 Å².